The molecule has 0 aliphatic rings. The largest absolute Gasteiger partial charge is 0.378 e. The van der Waals surface area contributed by atoms with E-state index in [1.165, 1.54) is 0 Å². The Morgan fingerprint density at radius 3 is 3.23 bits per heavy atom. The predicted octanol–water partition coefficient (Wildman–Crippen LogP) is 0.559. The van der Waals surface area contributed by atoms with Gasteiger partial charge >= 0.3 is 0 Å². The number of thiol groups is 1. The van der Waals surface area contributed by atoms with Crippen molar-refractivity contribution in [2.24, 2.45) is 0 Å². The van der Waals surface area contributed by atoms with Crippen LogP contribution in [0.25, 0.3) is 5.65 Å². The van der Waals surface area contributed by atoms with Crippen LogP contribution < -0.4 is 0 Å². The molecule has 68 valence electrons. The molecule has 0 aromatic carbocycles. The van der Waals surface area contributed by atoms with E-state index in [0.717, 1.165) is 5.69 Å². The van der Waals surface area contributed by atoms with Crippen LogP contribution in [0, 0.1) is 0 Å². The zero-order valence-electron chi connectivity index (χ0n) is 7.01. The van der Waals surface area contributed by atoms with E-state index in [1.54, 1.807) is 23.9 Å². The van der Waals surface area contributed by atoms with E-state index in [2.05, 4.69) is 27.9 Å². The smallest absolute Gasteiger partial charge is 0.176 e. The summed E-state index contributed by atoms with van der Waals surface area (Å²) in [5.74, 6) is 0. The third-order valence-corrected chi connectivity index (χ3v) is 1.85. The Labute approximate surface area is 80.1 Å². The fraction of sp³-hybridized carbons (Fsp3) is 0.286. The first kappa shape index (κ1) is 8.46. The number of methoxy groups -OCH3 is 1. The summed E-state index contributed by atoms with van der Waals surface area (Å²) < 4.78 is 6.64. The Morgan fingerprint density at radius 2 is 2.46 bits per heavy atom. The standard InChI is InChI=1S/C7H8N4OS/c1-12-4-5-2-7(13)9-6-3-8-10-11(5)6/h2-3H,4H2,1H3,(H,9,13). The normalized spacial score (nSPS) is 10.9. The van der Waals surface area contributed by atoms with Crippen molar-refractivity contribution < 1.29 is 4.74 Å². The van der Waals surface area contributed by atoms with Crippen LogP contribution in [0.2, 0.25) is 0 Å². The molecule has 0 atom stereocenters. The van der Waals surface area contributed by atoms with Crippen molar-refractivity contribution in [2.45, 2.75) is 11.6 Å². The minimum Gasteiger partial charge on any atom is -0.378 e. The second kappa shape index (κ2) is 3.31. The average Bonchev–Trinajstić information content (AvgIpc) is 2.52. The molecule has 0 aliphatic heterocycles. The van der Waals surface area contributed by atoms with Crippen LogP contribution in [0.15, 0.2) is 17.3 Å². The quantitative estimate of drug-likeness (QED) is 0.563. The molecule has 0 fully saturated rings. The summed E-state index contributed by atoms with van der Waals surface area (Å²) in [6.07, 6.45) is 1.58. The molecule has 5 nitrogen and oxygen atoms in total. The van der Waals surface area contributed by atoms with Crippen LogP contribution >= 0.6 is 12.6 Å². The van der Waals surface area contributed by atoms with Crippen LogP contribution in [0.5, 0.6) is 0 Å². The highest BCUT2D eigenvalue weighted by Gasteiger charge is 2.04. The summed E-state index contributed by atoms with van der Waals surface area (Å²) in [6, 6.07) is 1.80. The van der Waals surface area contributed by atoms with Crippen molar-refractivity contribution in [2.75, 3.05) is 7.11 Å². The average molecular weight is 196 g/mol. The van der Waals surface area contributed by atoms with Crippen LogP contribution in [0.1, 0.15) is 5.69 Å². The lowest BCUT2D eigenvalue weighted by Gasteiger charge is -2.02. The van der Waals surface area contributed by atoms with E-state index in [1.807, 2.05) is 0 Å². The molecule has 0 bridgehead atoms. The Balaban J connectivity index is 2.63. The molecule has 0 radical (unpaired) electrons. The summed E-state index contributed by atoms with van der Waals surface area (Å²) in [7, 11) is 1.63. The van der Waals surface area contributed by atoms with Crippen LogP contribution in [0.3, 0.4) is 0 Å². The molecule has 2 heterocycles. The summed E-state index contributed by atoms with van der Waals surface area (Å²) in [6.45, 7) is 0.468. The Hall–Kier alpha value is -1.14. The molecule has 2 rings (SSSR count). The number of hydrogen-bond donors (Lipinski definition) is 1. The van der Waals surface area contributed by atoms with Gasteiger partial charge < -0.3 is 4.74 Å². The number of nitrogens with zero attached hydrogens (tertiary/aromatic N) is 4. The van der Waals surface area contributed by atoms with Crippen molar-refractivity contribution >= 4 is 18.3 Å². The number of hydrogen-bond acceptors (Lipinski definition) is 5. The maximum absolute atomic E-state index is 5.01. The van der Waals surface area contributed by atoms with Gasteiger partial charge in [0.2, 0.25) is 0 Å². The van der Waals surface area contributed by atoms with Gasteiger partial charge in [-0.3, -0.25) is 0 Å². The van der Waals surface area contributed by atoms with E-state index in [-0.39, 0.29) is 0 Å². The van der Waals surface area contributed by atoms with Gasteiger partial charge in [-0.05, 0) is 6.07 Å². The predicted molar refractivity (Wildman–Crippen MR) is 48.7 cm³/mol. The highest BCUT2D eigenvalue weighted by atomic mass is 32.1. The maximum Gasteiger partial charge on any atom is 0.176 e. The van der Waals surface area contributed by atoms with Gasteiger partial charge in [0.1, 0.15) is 0 Å². The molecule has 0 N–H and O–H groups in total. The van der Waals surface area contributed by atoms with Gasteiger partial charge in [0.15, 0.2) is 5.65 Å². The van der Waals surface area contributed by atoms with Crippen molar-refractivity contribution in [3.8, 4) is 0 Å². The summed E-state index contributed by atoms with van der Waals surface area (Å²) in [5.41, 5.74) is 1.56. The SMILES string of the molecule is COCc1cc(S)nc2cnnn12. The fourth-order valence-electron chi connectivity index (χ4n) is 1.12. The molecule has 0 unspecified atom stereocenters. The van der Waals surface area contributed by atoms with Crippen LogP contribution in [0.4, 0.5) is 0 Å². The van der Waals surface area contributed by atoms with Gasteiger partial charge in [-0.2, -0.15) is 4.52 Å². The van der Waals surface area contributed by atoms with Gasteiger partial charge in [-0.25, -0.2) is 4.98 Å². The van der Waals surface area contributed by atoms with Gasteiger partial charge in [-0.1, -0.05) is 5.21 Å². The van der Waals surface area contributed by atoms with Crippen molar-refractivity contribution in [1.82, 2.24) is 19.8 Å². The highest BCUT2D eigenvalue weighted by Crippen LogP contribution is 2.09. The zero-order chi connectivity index (χ0) is 9.26. The van der Waals surface area contributed by atoms with E-state index >= 15 is 0 Å². The fourth-order valence-corrected chi connectivity index (χ4v) is 1.37. The lowest BCUT2D eigenvalue weighted by atomic mass is 10.4. The first-order valence-electron chi connectivity index (χ1n) is 3.69. The second-order valence-corrected chi connectivity index (χ2v) is 3.00. The molecule has 0 saturated carbocycles. The van der Waals surface area contributed by atoms with E-state index < -0.39 is 0 Å². The molecule has 2 aromatic rings. The summed E-state index contributed by atoms with van der Waals surface area (Å²) in [5, 5.41) is 8.26. The summed E-state index contributed by atoms with van der Waals surface area (Å²) >= 11 is 4.16. The molecule has 0 amide bonds. The maximum atomic E-state index is 5.01. The Morgan fingerprint density at radius 1 is 1.62 bits per heavy atom. The van der Waals surface area contributed by atoms with Gasteiger partial charge in [0, 0.05) is 7.11 Å². The van der Waals surface area contributed by atoms with Gasteiger partial charge in [-0.15, -0.1) is 17.7 Å². The lowest BCUT2D eigenvalue weighted by molar-refractivity contribution is 0.179. The molecule has 13 heavy (non-hydrogen) atoms. The van der Waals surface area contributed by atoms with Gasteiger partial charge in [0.05, 0.1) is 23.5 Å². The minimum atomic E-state index is 0.468. The van der Waals surface area contributed by atoms with E-state index in [0.29, 0.717) is 17.3 Å². The molecule has 6 heteroatoms. The Kier molecular flexibility index (Phi) is 2.15. The van der Waals surface area contributed by atoms with E-state index in [4.69, 9.17) is 4.74 Å². The third-order valence-electron chi connectivity index (χ3n) is 1.62. The second-order valence-electron chi connectivity index (χ2n) is 2.54. The summed E-state index contributed by atoms with van der Waals surface area (Å²) in [4.78, 5) is 4.13. The zero-order valence-corrected chi connectivity index (χ0v) is 7.90. The first-order chi connectivity index (χ1) is 6.31. The minimum absolute atomic E-state index is 0.468. The highest BCUT2D eigenvalue weighted by molar-refractivity contribution is 7.80. The van der Waals surface area contributed by atoms with Crippen LogP contribution in [-0.4, -0.2) is 26.9 Å². The van der Waals surface area contributed by atoms with Crippen molar-refractivity contribution in [3.05, 3.63) is 18.0 Å². The molecule has 0 aliphatic carbocycles. The first-order valence-corrected chi connectivity index (χ1v) is 4.14. The number of aromatic nitrogens is 4. The number of fused-ring (bicyclic) bond motifs is 1. The lowest BCUT2D eigenvalue weighted by Crippen LogP contribution is -2.02. The molecule has 0 saturated heterocycles. The molecular formula is C7H8N4OS. The molecular weight excluding hydrogens is 188 g/mol. The monoisotopic (exact) mass is 196 g/mol. The third kappa shape index (κ3) is 1.50. The number of rotatable bonds is 2. The molecule has 0 spiro atoms. The Bertz CT molecular complexity index is 427. The van der Waals surface area contributed by atoms with Crippen molar-refractivity contribution in [3.63, 3.8) is 0 Å². The van der Waals surface area contributed by atoms with Gasteiger partial charge in [0.25, 0.3) is 0 Å². The van der Waals surface area contributed by atoms with Crippen LogP contribution in [-0.2, 0) is 11.3 Å². The molecule has 2 aromatic heterocycles. The number of ether oxygens (including phenoxy) is 1. The van der Waals surface area contributed by atoms with Crippen molar-refractivity contribution in [1.29, 1.82) is 0 Å². The topological polar surface area (TPSA) is 52.3 Å². The van der Waals surface area contributed by atoms with E-state index in [9.17, 15) is 0 Å².